The first kappa shape index (κ1) is 22.1. The molecule has 5 heteroatoms. The Bertz CT molecular complexity index is 777. The van der Waals surface area contributed by atoms with Crippen molar-refractivity contribution in [1.82, 2.24) is 0 Å². The summed E-state index contributed by atoms with van der Waals surface area (Å²) < 4.78 is 19.6. The number of carbonyl (C=O) groups excluding carboxylic acids is 1. The van der Waals surface area contributed by atoms with Crippen molar-refractivity contribution in [3.63, 3.8) is 0 Å². The molecule has 2 aromatic rings. The number of nitrogens with two attached hydrogens (primary N) is 1. The molecule has 1 unspecified atom stereocenters. The summed E-state index contributed by atoms with van der Waals surface area (Å²) in [5, 5.41) is 0. The molecule has 0 spiro atoms. The SMILES string of the molecule is CCOC(=O)CC(N)c1cc(-c2c(C)cccc2CC)cc(C)c1F.Cl. The summed E-state index contributed by atoms with van der Waals surface area (Å²) in [6.07, 6.45) is 0.847. The minimum absolute atomic E-state index is 0. The van der Waals surface area contributed by atoms with Gasteiger partial charge >= 0.3 is 5.97 Å². The Morgan fingerprint density at radius 2 is 1.88 bits per heavy atom. The third-order valence-corrected chi connectivity index (χ3v) is 4.40. The van der Waals surface area contributed by atoms with E-state index < -0.39 is 12.0 Å². The van der Waals surface area contributed by atoms with Gasteiger partial charge in [0, 0.05) is 11.6 Å². The number of halogens is 2. The van der Waals surface area contributed by atoms with E-state index in [0.29, 0.717) is 11.1 Å². The van der Waals surface area contributed by atoms with Gasteiger partial charge in [0.05, 0.1) is 13.0 Å². The normalized spacial score (nSPS) is 11.6. The molecule has 2 aromatic carbocycles. The summed E-state index contributed by atoms with van der Waals surface area (Å²) >= 11 is 0. The standard InChI is InChI=1S/C21H26FNO2.ClH/c1-5-15-9-7-8-13(3)20(15)16-10-14(4)21(22)17(11-16)18(23)12-19(24)25-6-2;/h7-11,18H,5-6,12,23H2,1-4H3;1H. The predicted molar refractivity (Wildman–Crippen MR) is 106 cm³/mol. The molecule has 0 fully saturated rings. The molecule has 0 heterocycles. The number of hydrogen-bond donors (Lipinski definition) is 1. The smallest absolute Gasteiger partial charge is 0.307 e. The number of rotatable bonds is 6. The van der Waals surface area contributed by atoms with E-state index in [0.717, 1.165) is 23.1 Å². The van der Waals surface area contributed by atoms with Gasteiger partial charge in [-0.25, -0.2) is 4.39 Å². The predicted octanol–water partition coefficient (Wildman–Crippen LogP) is 5.05. The third-order valence-electron chi connectivity index (χ3n) is 4.40. The van der Waals surface area contributed by atoms with E-state index >= 15 is 0 Å². The Labute approximate surface area is 161 Å². The van der Waals surface area contributed by atoms with Gasteiger partial charge in [-0.15, -0.1) is 12.4 Å². The maximum atomic E-state index is 14.6. The maximum Gasteiger partial charge on any atom is 0.307 e. The summed E-state index contributed by atoms with van der Waals surface area (Å²) in [4.78, 5) is 11.7. The highest BCUT2D eigenvalue weighted by atomic mass is 35.5. The van der Waals surface area contributed by atoms with Gasteiger partial charge in [0.1, 0.15) is 5.82 Å². The van der Waals surface area contributed by atoms with Gasteiger partial charge in [-0.05, 0) is 67.1 Å². The highest BCUT2D eigenvalue weighted by Crippen LogP contribution is 2.33. The summed E-state index contributed by atoms with van der Waals surface area (Å²) in [7, 11) is 0. The summed E-state index contributed by atoms with van der Waals surface area (Å²) in [6.45, 7) is 7.90. The minimum Gasteiger partial charge on any atom is -0.466 e. The number of ether oxygens (including phenoxy) is 1. The van der Waals surface area contributed by atoms with Gasteiger partial charge in [0.2, 0.25) is 0 Å². The lowest BCUT2D eigenvalue weighted by molar-refractivity contribution is -0.143. The fraction of sp³-hybridized carbons (Fsp3) is 0.381. The second kappa shape index (κ2) is 9.70. The van der Waals surface area contributed by atoms with Crippen LogP contribution in [-0.4, -0.2) is 12.6 Å². The number of hydrogen-bond acceptors (Lipinski definition) is 3. The van der Waals surface area contributed by atoms with E-state index in [1.165, 1.54) is 5.56 Å². The molecule has 2 rings (SSSR count). The van der Waals surface area contributed by atoms with Crippen LogP contribution in [0, 0.1) is 19.7 Å². The van der Waals surface area contributed by atoms with Crippen molar-refractivity contribution in [3.8, 4) is 11.1 Å². The molecule has 142 valence electrons. The van der Waals surface area contributed by atoms with Crippen LogP contribution in [0.1, 0.15) is 48.6 Å². The Morgan fingerprint density at radius 1 is 1.19 bits per heavy atom. The van der Waals surface area contributed by atoms with Gasteiger partial charge in [-0.2, -0.15) is 0 Å². The van der Waals surface area contributed by atoms with E-state index in [2.05, 4.69) is 13.0 Å². The van der Waals surface area contributed by atoms with Crippen molar-refractivity contribution in [2.24, 2.45) is 5.73 Å². The highest BCUT2D eigenvalue weighted by molar-refractivity contribution is 5.85. The lowest BCUT2D eigenvalue weighted by atomic mass is 9.89. The molecule has 0 saturated heterocycles. The van der Waals surface area contributed by atoms with Crippen molar-refractivity contribution < 1.29 is 13.9 Å². The van der Waals surface area contributed by atoms with E-state index in [4.69, 9.17) is 10.5 Å². The Hall–Kier alpha value is -1.91. The molecule has 0 saturated carbocycles. The zero-order valence-electron chi connectivity index (χ0n) is 15.8. The molecule has 0 aromatic heterocycles. The molecule has 0 amide bonds. The first-order chi connectivity index (χ1) is 11.9. The molecule has 0 aliphatic heterocycles. The molecular formula is C21H27ClFNO2. The average Bonchev–Trinajstić information content (AvgIpc) is 2.57. The zero-order valence-corrected chi connectivity index (χ0v) is 16.6. The first-order valence-electron chi connectivity index (χ1n) is 8.69. The van der Waals surface area contributed by atoms with Crippen LogP contribution >= 0.6 is 12.4 Å². The van der Waals surface area contributed by atoms with E-state index in [-0.39, 0.29) is 31.3 Å². The quantitative estimate of drug-likeness (QED) is 0.715. The summed E-state index contributed by atoms with van der Waals surface area (Å²) in [6, 6.07) is 9.05. The highest BCUT2D eigenvalue weighted by Gasteiger charge is 2.20. The first-order valence-corrected chi connectivity index (χ1v) is 8.69. The van der Waals surface area contributed by atoms with Crippen molar-refractivity contribution in [2.75, 3.05) is 6.61 Å². The molecule has 0 bridgehead atoms. The third kappa shape index (κ3) is 4.83. The van der Waals surface area contributed by atoms with E-state index in [1.54, 1.807) is 19.9 Å². The summed E-state index contributed by atoms with van der Waals surface area (Å²) in [5.74, 6) is -0.769. The molecule has 26 heavy (non-hydrogen) atoms. The monoisotopic (exact) mass is 379 g/mol. The van der Waals surface area contributed by atoms with Gasteiger partial charge in [-0.3, -0.25) is 4.79 Å². The van der Waals surface area contributed by atoms with Crippen molar-refractivity contribution >= 4 is 18.4 Å². The van der Waals surface area contributed by atoms with Gasteiger partial charge in [-0.1, -0.05) is 25.1 Å². The summed E-state index contributed by atoms with van der Waals surface area (Å²) in [5.41, 5.74) is 11.4. The molecular weight excluding hydrogens is 353 g/mol. The molecule has 2 N–H and O–H groups in total. The topological polar surface area (TPSA) is 52.3 Å². The van der Waals surface area contributed by atoms with Crippen molar-refractivity contribution in [1.29, 1.82) is 0 Å². The fourth-order valence-electron chi connectivity index (χ4n) is 3.16. The molecule has 0 aliphatic carbocycles. The van der Waals surface area contributed by atoms with E-state index in [1.807, 2.05) is 25.1 Å². The Balaban J connectivity index is 0.00000338. The van der Waals surface area contributed by atoms with Gasteiger partial charge in [0.15, 0.2) is 0 Å². The van der Waals surface area contributed by atoms with Crippen LogP contribution in [0.4, 0.5) is 4.39 Å². The average molecular weight is 380 g/mol. The lowest BCUT2D eigenvalue weighted by Crippen LogP contribution is -2.19. The second-order valence-electron chi connectivity index (χ2n) is 6.27. The number of aryl methyl sites for hydroxylation is 3. The lowest BCUT2D eigenvalue weighted by Gasteiger charge is -2.18. The van der Waals surface area contributed by atoms with Gasteiger partial charge in [0.25, 0.3) is 0 Å². The van der Waals surface area contributed by atoms with Crippen LogP contribution < -0.4 is 5.73 Å². The second-order valence-corrected chi connectivity index (χ2v) is 6.27. The van der Waals surface area contributed by atoms with E-state index in [9.17, 15) is 9.18 Å². The molecule has 1 atom stereocenters. The molecule has 0 radical (unpaired) electrons. The van der Waals surface area contributed by atoms with Crippen LogP contribution in [0.2, 0.25) is 0 Å². The van der Waals surface area contributed by atoms with Crippen molar-refractivity contribution in [3.05, 3.63) is 58.4 Å². The zero-order chi connectivity index (χ0) is 18.6. The Kier molecular flexibility index (Phi) is 8.25. The van der Waals surface area contributed by atoms with Crippen LogP contribution in [0.25, 0.3) is 11.1 Å². The van der Waals surface area contributed by atoms with Crippen LogP contribution in [0.5, 0.6) is 0 Å². The minimum atomic E-state index is -0.730. The number of carbonyl (C=O) groups is 1. The number of esters is 1. The maximum absolute atomic E-state index is 14.6. The van der Waals surface area contributed by atoms with Crippen molar-refractivity contribution in [2.45, 2.75) is 46.6 Å². The van der Waals surface area contributed by atoms with Crippen LogP contribution in [-0.2, 0) is 16.0 Å². The Morgan fingerprint density at radius 3 is 2.50 bits per heavy atom. The largest absolute Gasteiger partial charge is 0.466 e. The molecule has 3 nitrogen and oxygen atoms in total. The van der Waals surface area contributed by atoms with Crippen LogP contribution in [0.15, 0.2) is 30.3 Å². The molecule has 0 aliphatic rings. The number of benzene rings is 2. The van der Waals surface area contributed by atoms with Gasteiger partial charge < -0.3 is 10.5 Å². The van der Waals surface area contributed by atoms with Crippen LogP contribution in [0.3, 0.4) is 0 Å². The fourth-order valence-corrected chi connectivity index (χ4v) is 3.16.